The van der Waals surface area contributed by atoms with Crippen LogP contribution in [0, 0.1) is 0 Å². The number of rotatable bonds is 3. The monoisotopic (exact) mass is 298 g/mol. The van der Waals surface area contributed by atoms with Gasteiger partial charge in [-0.3, -0.25) is 0 Å². The molecule has 0 aliphatic heterocycles. The molecule has 0 spiro atoms. The van der Waals surface area contributed by atoms with Crippen molar-refractivity contribution in [3.8, 4) is 0 Å². The van der Waals surface area contributed by atoms with E-state index in [9.17, 15) is 4.79 Å². The van der Waals surface area contributed by atoms with E-state index in [0.29, 0.717) is 15.6 Å². The van der Waals surface area contributed by atoms with Crippen LogP contribution in [0.15, 0.2) is 46.2 Å². The van der Waals surface area contributed by atoms with Gasteiger partial charge in [-0.2, -0.15) is 0 Å². The molecule has 0 aliphatic carbocycles. The summed E-state index contributed by atoms with van der Waals surface area (Å²) < 4.78 is 4.84. The first kappa shape index (κ1) is 13.5. The Morgan fingerprint density at radius 2 is 2.11 bits per heavy atom. The predicted octanol–water partition coefficient (Wildman–Crippen LogP) is 3.06. The van der Waals surface area contributed by atoms with Crippen molar-refractivity contribution >= 4 is 35.0 Å². The molecule has 0 unspecified atom stereocenters. The van der Waals surface area contributed by atoms with E-state index in [0.717, 1.165) is 0 Å². The maximum absolute atomic E-state index is 11.4. The third kappa shape index (κ3) is 3.27. The number of amidine groups is 1. The molecule has 5 nitrogen and oxygen atoms in total. The first-order chi connectivity index (χ1) is 9.08. The van der Waals surface area contributed by atoms with Gasteiger partial charge in [0.05, 0.1) is 11.3 Å². The van der Waals surface area contributed by atoms with Crippen molar-refractivity contribution in [2.75, 3.05) is 0 Å². The molecular weight excluding hydrogens is 291 g/mol. The largest absolute Gasteiger partial charge is 0.457 e. The summed E-state index contributed by atoms with van der Waals surface area (Å²) in [5.41, 5.74) is 6.08. The average Bonchev–Trinajstić information content (AvgIpc) is 2.89. The van der Waals surface area contributed by atoms with Crippen molar-refractivity contribution < 1.29 is 14.0 Å². The SMILES string of the molecule is N/C(=N\OC(=O)c1ccco1)c1ccc(Cl)cc1Cl. The lowest BCUT2D eigenvalue weighted by Gasteiger charge is -2.03. The van der Waals surface area contributed by atoms with Gasteiger partial charge in [-0.1, -0.05) is 28.4 Å². The van der Waals surface area contributed by atoms with E-state index in [1.807, 2.05) is 0 Å². The lowest BCUT2D eigenvalue weighted by molar-refractivity contribution is 0.0479. The Kier molecular flexibility index (Phi) is 4.09. The fourth-order valence-electron chi connectivity index (χ4n) is 1.28. The van der Waals surface area contributed by atoms with Crippen molar-refractivity contribution in [1.82, 2.24) is 0 Å². The number of hydrogen-bond acceptors (Lipinski definition) is 4. The van der Waals surface area contributed by atoms with E-state index in [2.05, 4.69) is 9.99 Å². The minimum Gasteiger partial charge on any atom is -0.457 e. The zero-order valence-electron chi connectivity index (χ0n) is 9.47. The van der Waals surface area contributed by atoms with Gasteiger partial charge < -0.3 is 15.0 Å². The van der Waals surface area contributed by atoms with Crippen molar-refractivity contribution in [3.05, 3.63) is 58.0 Å². The second-order valence-corrected chi connectivity index (χ2v) is 4.30. The number of halogens is 2. The first-order valence-corrected chi connectivity index (χ1v) is 5.87. The van der Waals surface area contributed by atoms with Crippen molar-refractivity contribution in [3.63, 3.8) is 0 Å². The molecule has 0 aliphatic rings. The smallest absolute Gasteiger partial charge is 0.400 e. The van der Waals surface area contributed by atoms with E-state index >= 15 is 0 Å². The second kappa shape index (κ2) is 5.77. The highest BCUT2D eigenvalue weighted by Gasteiger charge is 2.11. The zero-order chi connectivity index (χ0) is 13.8. The average molecular weight is 299 g/mol. The predicted molar refractivity (Wildman–Crippen MR) is 71.3 cm³/mol. The summed E-state index contributed by atoms with van der Waals surface area (Å²) in [5.74, 6) is -0.765. The molecule has 0 bridgehead atoms. The maximum atomic E-state index is 11.4. The Hall–Kier alpha value is -1.98. The molecular formula is C12H8Cl2N2O3. The van der Waals surface area contributed by atoms with Gasteiger partial charge in [-0.25, -0.2) is 4.79 Å². The molecule has 0 saturated heterocycles. The van der Waals surface area contributed by atoms with Gasteiger partial charge in [-0.15, -0.1) is 0 Å². The first-order valence-electron chi connectivity index (χ1n) is 5.11. The normalized spacial score (nSPS) is 11.4. The molecule has 0 fully saturated rings. The number of oxime groups is 1. The molecule has 0 radical (unpaired) electrons. The van der Waals surface area contributed by atoms with Crippen LogP contribution in [0.5, 0.6) is 0 Å². The summed E-state index contributed by atoms with van der Waals surface area (Å²) in [7, 11) is 0. The summed E-state index contributed by atoms with van der Waals surface area (Å²) in [4.78, 5) is 16.1. The fourth-order valence-corrected chi connectivity index (χ4v) is 1.78. The van der Waals surface area contributed by atoms with Crippen LogP contribution in [0.4, 0.5) is 0 Å². The summed E-state index contributed by atoms with van der Waals surface area (Å²) in [6, 6.07) is 7.68. The Bertz CT molecular complexity index is 624. The van der Waals surface area contributed by atoms with Crippen LogP contribution in [-0.2, 0) is 4.84 Å². The Morgan fingerprint density at radius 1 is 1.32 bits per heavy atom. The lowest BCUT2D eigenvalue weighted by Crippen LogP contribution is -2.15. The quantitative estimate of drug-likeness (QED) is 0.409. The van der Waals surface area contributed by atoms with Crippen LogP contribution in [0.3, 0.4) is 0 Å². The summed E-state index contributed by atoms with van der Waals surface area (Å²) in [5, 5.41) is 4.27. The molecule has 0 atom stereocenters. The number of carbonyl (C=O) groups excluding carboxylic acids is 1. The van der Waals surface area contributed by atoms with Crippen LogP contribution in [-0.4, -0.2) is 11.8 Å². The zero-order valence-corrected chi connectivity index (χ0v) is 11.0. The molecule has 2 N–H and O–H groups in total. The van der Waals surface area contributed by atoms with Gasteiger partial charge in [-0.05, 0) is 30.3 Å². The van der Waals surface area contributed by atoms with Crippen LogP contribution < -0.4 is 5.73 Å². The summed E-state index contributed by atoms with van der Waals surface area (Å²) >= 11 is 11.7. The van der Waals surface area contributed by atoms with Gasteiger partial charge in [0.25, 0.3) is 0 Å². The molecule has 0 saturated carbocycles. The highest BCUT2D eigenvalue weighted by Crippen LogP contribution is 2.20. The molecule has 7 heteroatoms. The second-order valence-electron chi connectivity index (χ2n) is 3.46. The Morgan fingerprint density at radius 3 is 2.74 bits per heavy atom. The van der Waals surface area contributed by atoms with Crippen LogP contribution >= 0.6 is 23.2 Å². The molecule has 98 valence electrons. The molecule has 19 heavy (non-hydrogen) atoms. The number of furan rings is 1. The van der Waals surface area contributed by atoms with E-state index in [4.69, 9.17) is 33.4 Å². The van der Waals surface area contributed by atoms with Crippen LogP contribution in [0.2, 0.25) is 10.0 Å². The van der Waals surface area contributed by atoms with Gasteiger partial charge in [0.2, 0.25) is 5.76 Å². The standard InChI is InChI=1S/C12H8Cl2N2O3/c13-7-3-4-8(9(14)6-7)11(15)16-19-12(17)10-2-1-5-18-10/h1-6H,(H2,15,16). The fraction of sp³-hybridized carbons (Fsp3) is 0. The van der Waals surface area contributed by atoms with E-state index in [1.54, 1.807) is 18.2 Å². The van der Waals surface area contributed by atoms with E-state index in [-0.39, 0.29) is 11.6 Å². The highest BCUT2D eigenvalue weighted by atomic mass is 35.5. The maximum Gasteiger partial charge on any atom is 0.400 e. The minimum absolute atomic E-state index is 0.0266. The Labute approximate surface area is 118 Å². The van der Waals surface area contributed by atoms with Crippen molar-refractivity contribution in [2.24, 2.45) is 10.9 Å². The number of hydrogen-bond donors (Lipinski definition) is 1. The minimum atomic E-state index is -0.752. The Balaban J connectivity index is 2.13. The van der Waals surface area contributed by atoms with Gasteiger partial charge in [0.15, 0.2) is 5.84 Å². The van der Waals surface area contributed by atoms with Gasteiger partial charge in [0, 0.05) is 10.6 Å². The van der Waals surface area contributed by atoms with E-state index < -0.39 is 5.97 Å². The molecule has 0 amide bonds. The van der Waals surface area contributed by atoms with E-state index in [1.165, 1.54) is 18.4 Å². The van der Waals surface area contributed by atoms with Crippen LogP contribution in [0.1, 0.15) is 16.1 Å². The highest BCUT2D eigenvalue weighted by molar-refractivity contribution is 6.36. The topological polar surface area (TPSA) is 77.8 Å². The number of carbonyl (C=O) groups is 1. The molecule has 1 aromatic heterocycles. The lowest BCUT2D eigenvalue weighted by atomic mass is 10.2. The number of benzene rings is 1. The van der Waals surface area contributed by atoms with Gasteiger partial charge >= 0.3 is 5.97 Å². The third-order valence-electron chi connectivity index (χ3n) is 2.16. The molecule has 1 heterocycles. The van der Waals surface area contributed by atoms with Crippen molar-refractivity contribution in [1.29, 1.82) is 0 Å². The number of nitrogens with zero attached hydrogens (tertiary/aromatic N) is 1. The van der Waals surface area contributed by atoms with Crippen molar-refractivity contribution in [2.45, 2.75) is 0 Å². The number of nitrogens with two attached hydrogens (primary N) is 1. The van der Waals surface area contributed by atoms with Crippen LogP contribution in [0.25, 0.3) is 0 Å². The molecule has 2 aromatic rings. The summed E-state index contributed by atoms with van der Waals surface area (Å²) in [6.45, 7) is 0. The summed E-state index contributed by atoms with van der Waals surface area (Å²) in [6.07, 6.45) is 1.35. The van der Waals surface area contributed by atoms with Gasteiger partial charge in [0.1, 0.15) is 0 Å². The molecule has 1 aromatic carbocycles. The third-order valence-corrected chi connectivity index (χ3v) is 2.70. The molecule has 2 rings (SSSR count).